The molecule has 0 radical (unpaired) electrons. The van der Waals surface area contributed by atoms with Crippen molar-refractivity contribution in [3.8, 4) is 0 Å². The summed E-state index contributed by atoms with van der Waals surface area (Å²) in [5, 5.41) is 0. The van der Waals surface area contributed by atoms with Gasteiger partial charge in [-0.2, -0.15) is 0 Å². The Balaban J connectivity index is 2.80. The van der Waals surface area contributed by atoms with Gasteiger partial charge in [-0.3, -0.25) is 0 Å². The van der Waals surface area contributed by atoms with Crippen LogP contribution in [-0.4, -0.2) is 57.2 Å². The Morgan fingerprint density at radius 2 is 2.05 bits per heavy atom. The first-order chi connectivity index (χ1) is 8.97. The number of hydrogen-bond donors (Lipinski definition) is 1. The van der Waals surface area contributed by atoms with Crippen LogP contribution in [0.3, 0.4) is 0 Å². The number of anilines is 2. The van der Waals surface area contributed by atoms with Gasteiger partial charge in [0, 0.05) is 19.8 Å². The summed E-state index contributed by atoms with van der Waals surface area (Å²) in [6, 6.07) is 1.57. The summed E-state index contributed by atoms with van der Waals surface area (Å²) in [4.78, 5) is 19.9. The molecule has 1 aromatic rings. The maximum absolute atomic E-state index is 11.6. The van der Waals surface area contributed by atoms with Gasteiger partial charge in [-0.15, -0.1) is 0 Å². The third-order valence-corrected chi connectivity index (χ3v) is 2.83. The van der Waals surface area contributed by atoms with Crippen LogP contribution in [-0.2, 0) is 4.74 Å². The normalized spacial score (nSPS) is 10.6. The van der Waals surface area contributed by atoms with Crippen LogP contribution in [0.2, 0.25) is 0 Å². The summed E-state index contributed by atoms with van der Waals surface area (Å²) in [5.41, 5.74) is 6.69. The Kier molecular flexibility index (Phi) is 5.57. The number of nitrogens with zero attached hydrogens (tertiary/aromatic N) is 3. The minimum absolute atomic E-state index is 0.354. The van der Waals surface area contributed by atoms with E-state index >= 15 is 0 Å². The van der Waals surface area contributed by atoms with E-state index in [4.69, 9.17) is 10.5 Å². The average molecular weight is 266 g/mol. The predicted octanol–water partition coefficient (Wildman–Crippen LogP) is 0.838. The molecule has 0 aromatic carbocycles. The molecule has 0 aliphatic rings. The van der Waals surface area contributed by atoms with Gasteiger partial charge < -0.3 is 20.3 Å². The second kappa shape index (κ2) is 6.94. The fourth-order valence-electron chi connectivity index (χ4n) is 1.78. The Labute approximate surface area is 114 Å². The van der Waals surface area contributed by atoms with Crippen molar-refractivity contribution in [1.29, 1.82) is 0 Å². The topological polar surface area (TPSA) is 71.7 Å². The van der Waals surface area contributed by atoms with Crippen LogP contribution in [0.4, 0.5) is 11.5 Å². The van der Waals surface area contributed by atoms with Gasteiger partial charge in [0.15, 0.2) is 5.82 Å². The predicted molar refractivity (Wildman–Crippen MR) is 76.4 cm³/mol. The number of nitrogen functional groups attached to an aromatic ring is 1. The molecule has 6 nitrogen and oxygen atoms in total. The molecule has 106 valence electrons. The Hall–Kier alpha value is -1.82. The highest BCUT2D eigenvalue weighted by molar-refractivity contribution is 5.97. The van der Waals surface area contributed by atoms with Gasteiger partial charge in [-0.05, 0) is 33.1 Å². The van der Waals surface area contributed by atoms with E-state index in [0.29, 0.717) is 17.1 Å². The van der Waals surface area contributed by atoms with E-state index in [0.717, 1.165) is 19.5 Å². The molecule has 0 aliphatic heterocycles. The number of hydrogen-bond acceptors (Lipinski definition) is 6. The van der Waals surface area contributed by atoms with Crippen molar-refractivity contribution in [1.82, 2.24) is 9.88 Å². The van der Waals surface area contributed by atoms with Gasteiger partial charge in [0.05, 0.1) is 18.4 Å². The lowest BCUT2D eigenvalue weighted by Gasteiger charge is -2.21. The lowest BCUT2D eigenvalue weighted by atomic mass is 10.2. The van der Waals surface area contributed by atoms with Gasteiger partial charge >= 0.3 is 5.97 Å². The molecular weight excluding hydrogens is 244 g/mol. The quantitative estimate of drug-likeness (QED) is 0.769. The molecule has 0 spiro atoms. The average Bonchev–Trinajstić information content (AvgIpc) is 2.37. The van der Waals surface area contributed by atoms with Crippen molar-refractivity contribution in [3.63, 3.8) is 0 Å². The van der Waals surface area contributed by atoms with Crippen LogP contribution in [0.5, 0.6) is 0 Å². The standard InChI is InChI=1S/C13H22N4O2/c1-16(2)8-5-9-17(3)12-11(14)10(6-7-15-12)13(18)19-4/h6-7H,5,8-9,14H2,1-4H3. The lowest BCUT2D eigenvalue weighted by molar-refractivity contribution is 0.0602. The Bertz CT molecular complexity index is 435. The minimum atomic E-state index is -0.442. The molecular formula is C13H22N4O2. The number of aromatic nitrogens is 1. The van der Waals surface area contributed by atoms with E-state index in [1.165, 1.54) is 7.11 Å². The van der Waals surface area contributed by atoms with Crippen LogP contribution >= 0.6 is 0 Å². The summed E-state index contributed by atoms with van der Waals surface area (Å²) in [5.74, 6) is 0.171. The van der Waals surface area contributed by atoms with E-state index in [2.05, 4.69) is 9.88 Å². The number of rotatable bonds is 6. The minimum Gasteiger partial charge on any atom is -0.465 e. The number of esters is 1. The van der Waals surface area contributed by atoms with Gasteiger partial charge in [0.25, 0.3) is 0 Å². The second-order valence-corrected chi connectivity index (χ2v) is 4.67. The van der Waals surface area contributed by atoms with Crippen LogP contribution in [0, 0.1) is 0 Å². The molecule has 19 heavy (non-hydrogen) atoms. The number of methoxy groups -OCH3 is 1. The molecule has 0 saturated carbocycles. The zero-order valence-electron chi connectivity index (χ0n) is 12.0. The van der Waals surface area contributed by atoms with Crippen molar-refractivity contribution in [2.45, 2.75) is 6.42 Å². The van der Waals surface area contributed by atoms with Crippen molar-refractivity contribution < 1.29 is 9.53 Å². The maximum Gasteiger partial charge on any atom is 0.340 e. The zero-order valence-corrected chi connectivity index (χ0v) is 12.0. The van der Waals surface area contributed by atoms with Crippen molar-refractivity contribution in [2.24, 2.45) is 0 Å². The summed E-state index contributed by atoms with van der Waals surface area (Å²) in [6.45, 7) is 1.81. The Morgan fingerprint density at radius 3 is 2.63 bits per heavy atom. The summed E-state index contributed by atoms with van der Waals surface area (Å²) in [6.07, 6.45) is 2.56. The highest BCUT2D eigenvalue weighted by Gasteiger charge is 2.16. The van der Waals surface area contributed by atoms with E-state index in [1.807, 2.05) is 26.0 Å². The van der Waals surface area contributed by atoms with Gasteiger partial charge in [-0.1, -0.05) is 0 Å². The van der Waals surface area contributed by atoms with E-state index in [1.54, 1.807) is 12.3 Å². The van der Waals surface area contributed by atoms with Crippen molar-refractivity contribution in [3.05, 3.63) is 17.8 Å². The number of pyridine rings is 1. The van der Waals surface area contributed by atoms with Gasteiger partial charge in [0.2, 0.25) is 0 Å². The van der Waals surface area contributed by atoms with Crippen molar-refractivity contribution >= 4 is 17.5 Å². The first-order valence-corrected chi connectivity index (χ1v) is 6.16. The first kappa shape index (κ1) is 15.2. The summed E-state index contributed by atoms with van der Waals surface area (Å²) < 4.78 is 4.69. The number of carbonyl (C=O) groups is 1. The summed E-state index contributed by atoms with van der Waals surface area (Å²) >= 11 is 0. The van der Waals surface area contributed by atoms with Crippen molar-refractivity contribution in [2.75, 3.05) is 52.0 Å². The third kappa shape index (κ3) is 4.10. The molecule has 1 heterocycles. The maximum atomic E-state index is 11.6. The number of nitrogens with two attached hydrogens (primary N) is 1. The first-order valence-electron chi connectivity index (χ1n) is 6.16. The molecule has 1 rings (SSSR count). The fraction of sp³-hybridized carbons (Fsp3) is 0.538. The fourth-order valence-corrected chi connectivity index (χ4v) is 1.78. The molecule has 0 bridgehead atoms. The molecule has 2 N–H and O–H groups in total. The monoisotopic (exact) mass is 266 g/mol. The second-order valence-electron chi connectivity index (χ2n) is 4.67. The SMILES string of the molecule is COC(=O)c1ccnc(N(C)CCCN(C)C)c1N. The van der Waals surface area contributed by atoms with E-state index in [9.17, 15) is 4.79 Å². The highest BCUT2D eigenvalue weighted by atomic mass is 16.5. The van der Waals surface area contributed by atoms with Gasteiger partial charge in [-0.25, -0.2) is 9.78 Å². The third-order valence-electron chi connectivity index (χ3n) is 2.83. The molecule has 0 atom stereocenters. The largest absolute Gasteiger partial charge is 0.465 e. The Morgan fingerprint density at radius 1 is 1.37 bits per heavy atom. The van der Waals surface area contributed by atoms with E-state index < -0.39 is 5.97 Å². The molecule has 0 unspecified atom stereocenters. The molecule has 0 saturated heterocycles. The molecule has 0 amide bonds. The molecule has 0 aliphatic carbocycles. The summed E-state index contributed by atoms with van der Waals surface area (Å²) in [7, 11) is 7.31. The molecule has 6 heteroatoms. The van der Waals surface area contributed by atoms with Crippen LogP contribution in [0.15, 0.2) is 12.3 Å². The van der Waals surface area contributed by atoms with Crippen LogP contribution in [0.25, 0.3) is 0 Å². The lowest BCUT2D eigenvalue weighted by Crippen LogP contribution is -2.25. The van der Waals surface area contributed by atoms with Gasteiger partial charge in [0.1, 0.15) is 0 Å². The smallest absolute Gasteiger partial charge is 0.340 e. The number of carbonyl (C=O) groups excluding carboxylic acids is 1. The molecule has 0 fully saturated rings. The van der Waals surface area contributed by atoms with E-state index in [-0.39, 0.29) is 0 Å². The molecule has 1 aromatic heterocycles. The van der Waals surface area contributed by atoms with Crippen LogP contribution in [0.1, 0.15) is 16.8 Å². The number of ether oxygens (including phenoxy) is 1. The van der Waals surface area contributed by atoms with Crippen LogP contribution < -0.4 is 10.6 Å². The highest BCUT2D eigenvalue weighted by Crippen LogP contribution is 2.23. The zero-order chi connectivity index (χ0) is 14.4.